The smallest absolute Gasteiger partial charge is 0.227 e. The zero-order valence-electron chi connectivity index (χ0n) is 11.0. The van der Waals surface area contributed by atoms with Gasteiger partial charge in [0.25, 0.3) is 0 Å². The molecule has 2 aromatic rings. The van der Waals surface area contributed by atoms with Crippen LogP contribution >= 0.6 is 11.6 Å². The van der Waals surface area contributed by atoms with E-state index in [1.54, 1.807) is 6.07 Å². The number of benzene rings is 1. The lowest BCUT2D eigenvalue weighted by atomic mass is 10.1. The number of halogens is 1. The zero-order chi connectivity index (χ0) is 13.7. The minimum atomic E-state index is 0.550. The van der Waals surface area contributed by atoms with Crippen molar-refractivity contribution in [3.8, 4) is 11.6 Å². The van der Waals surface area contributed by atoms with Crippen molar-refractivity contribution in [1.82, 2.24) is 9.97 Å². The van der Waals surface area contributed by atoms with Crippen LogP contribution in [0.25, 0.3) is 0 Å². The molecular weight excluding hydrogens is 262 g/mol. The SMILES string of the molecule is CCCc1c(NC)ncnc1Oc1ccccc1Cl. The molecule has 1 aromatic carbocycles. The lowest BCUT2D eigenvalue weighted by Gasteiger charge is -2.13. The second-order valence-corrected chi connectivity index (χ2v) is 4.45. The van der Waals surface area contributed by atoms with Gasteiger partial charge in [0.15, 0.2) is 0 Å². The van der Waals surface area contributed by atoms with E-state index >= 15 is 0 Å². The first-order valence-corrected chi connectivity index (χ1v) is 6.58. The van der Waals surface area contributed by atoms with Gasteiger partial charge >= 0.3 is 0 Å². The maximum atomic E-state index is 6.09. The number of nitrogens with zero attached hydrogens (tertiary/aromatic N) is 2. The third-order valence-electron chi connectivity index (χ3n) is 2.69. The highest BCUT2D eigenvalue weighted by Gasteiger charge is 2.13. The van der Waals surface area contributed by atoms with E-state index in [0.29, 0.717) is 16.7 Å². The first-order chi connectivity index (χ1) is 9.26. The number of hydrogen-bond donors (Lipinski definition) is 1. The van der Waals surface area contributed by atoms with Crippen molar-refractivity contribution < 1.29 is 4.74 Å². The molecule has 0 radical (unpaired) electrons. The van der Waals surface area contributed by atoms with Crippen LogP contribution in [0.3, 0.4) is 0 Å². The Morgan fingerprint density at radius 2 is 2.05 bits per heavy atom. The summed E-state index contributed by atoms with van der Waals surface area (Å²) in [7, 11) is 1.83. The molecule has 1 N–H and O–H groups in total. The quantitative estimate of drug-likeness (QED) is 0.900. The zero-order valence-corrected chi connectivity index (χ0v) is 11.7. The topological polar surface area (TPSA) is 47.0 Å². The van der Waals surface area contributed by atoms with Crippen LogP contribution in [0.2, 0.25) is 5.02 Å². The summed E-state index contributed by atoms with van der Waals surface area (Å²) < 4.78 is 5.81. The normalized spacial score (nSPS) is 10.3. The molecular formula is C14H16ClN3O. The van der Waals surface area contributed by atoms with Crippen molar-refractivity contribution in [3.63, 3.8) is 0 Å². The molecule has 0 spiro atoms. The molecule has 4 nitrogen and oxygen atoms in total. The van der Waals surface area contributed by atoms with Crippen molar-refractivity contribution in [3.05, 3.63) is 41.2 Å². The molecule has 5 heteroatoms. The molecule has 0 saturated heterocycles. The highest BCUT2D eigenvalue weighted by molar-refractivity contribution is 6.32. The van der Waals surface area contributed by atoms with Crippen molar-refractivity contribution in [1.29, 1.82) is 0 Å². The van der Waals surface area contributed by atoms with Crippen molar-refractivity contribution in [2.24, 2.45) is 0 Å². The van der Waals surface area contributed by atoms with Gasteiger partial charge in [0.1, 0.15) is 17.9 Å². The molecule has 0 unspecified atom stereocenters. The fourth-order valence-corrected chi connectivity index (χ4v) is 1.98. The monoisotopic (exact) mass is 277 g/mol. The third-order valence-corrected chi connectivity index (χ3v) is 3.00. The summed E-state index contributed by atoms with van der Waals surface area (Å²) in [5, 5.41) is 3.62. The van der Waals surface area contributed by atoms with Crippen molar-refractivity contribution in [2.45, 2.75) is 19.8 Å². The van der Waals surface area contributed by atoms with Crippen LogP contribution in [0.15, 0.2) is 30.6 Å². The molecule has 19 heavy (non-hydrogen) atoms. The van der Waals surface area contributed by atoms with Crippen molar-refractivity contribution >= 4 is 17.4 Å². The molecule has 0 amide bonds. The lowest BCUT2D eigenvalue weighted by Crippen LogP contribution is -2.03. The van der Waals surface area contributed by atoms with E-state index in [2.05, 4.69) is 22.2 Å². The standard InChI is InChI=1S/C14H16ClN3O/c1-3-6-10-13(16-2)17-9-18-14(10)19-12-8-5-4-7-11(12)15/h4-5,7-9H,3,6H2,1-2H3,(H,16,17,18). The summed E-state index contributed by atoms with van der Waals surface area (Å²) in [5.41, 5.74) is 0.965. The predicted molar refractivity (Wildman–Crippen MR) is 77.1 cm³/mol. The second-order valence-electron chi connectivity index (χ2n) is 4.04. The largest absolute Gasteiger partial charge is 0.437 e. The fourth-order valence-electron chi connectivity index (χ4n) is 1.81. The Labute approximate surface area is 117 Å². The number of hydrogen-bond acceptors (Lipinski definition) is 4. The Balaban J connectivity index is 2.37. The summed E-state index contributed by atoms with van der Waals surface area (Å²) in [6, 6.07) is 7.35. The number of anilines is 1. The van der Waals surface area contributed by atoms with Crippen LogP contribution < -0.4 is 10.1 Å². The van der Waals surface area contributed by atoms with Crippen molar-refractivity contribution in [2.75, 3.05) is 12.4 Å². The summed E-state index contributed by atoms with van der Waals surface area (Å²) in [6.45, 7) is 2.10. The molecule has 1 heterocycles. The number of para-hydroxylation sites is 1. The third kappa shape index (κ3) is 3.15. The molecule has 1 aromatic heterocycles. The van der Waals surface area contributed by atoms with E-state index < -0.39 is 0 Å². The van der Waals surface area contributed by atoms with Crippen LogP contribution in [0.4, 0.5) is 5.82 Å². The highest BCUT2D eigenvalue weighted by atomic mass is 35.5. The van der Waals surface area contributed by atoms with E-state index in [0.717, 1.165) is 24.2 Å². The Kier molecular flexibility index (Phi) is 4.58. The summed E-state index contributed by atoms with van der Waals surface area (Å²) in [5.74, 6) is 1.94. The van der Waals surface area contributed by atoms with Gasteiger partial charge in [0.2, 0.25) is 5.88 Å². The van der Waals surface area contributed by atoms with Crippen LogP contribution in [0, 0.1) is 0 Å². The number of ether oxygens (including phenoxy) is 1. The number of rotatable bonds is 5. The van der Waals surface area contributed by atoms with Gasteiger partial charge in [-0.25, -0.2) is 9.97 Å². The molecule has 0 fully saturated rings. The van der Waals surface area contributed by atoms with Crippen LogP contribution in [-0.2, 0) is 6.42 Å². The molecule has 0 bridgehead atoms. The fraction of sp³-hybridized carbons (Fsp3) is 0.286. The van der Waals surface area contributed by atoms with Gasteiger partial charge in [-0.2, -0.15) is 0 Å². The average Bonchev–Trinajstić information content (AvgIpc) is 2.43. The van der Waals surface area contributed by atoms with Gasteiger partial charge in [-0.05, 0) is 18.6 Å². The first-order valence-electron chi connectivity index (χ1n) is 6.20. The molecule has 0 atom stereocenters. The molecule has 0 saturated carbocycles. The first kappa shape index (κ1) is 13.6. The maximum absolute atomic E-state index is 6.09. The Morgan fingerprint density at radius 3 is 2.74 bits per heavy atom. The van der Waals surface area contributed by atoms with Gasteiger partial charge in [0.05, 0.1) is 10.6 Å². The molecule has 2 rings (SSSR count). The molecule has 0 aliphatic rings. The van der Waals surface area contributed by atoms with Crippen LogP contribution in [-0.4, -0.2) is 17.0 Å². The summed E-state index contributed by atoms with van der Waals surface area (Å²) >= 11 is 6.09. The Hall–Kier alpha value is -1.81. The Morgan fingerprint density at radius 1 is 1.26 bits per heavy atom. The highest BCUT2D eigenvalue weighted by Crippen LogP contribution is 2.31. The molecule has 0 aliphatic heterocycles. The summed E-state index contributed by atoms with van der Waals surface area (Å²) in [4.78, 5) is 8.42. The van der Waals surface area contributed by atoms with E-state index in [-0.39, 0.29) is 0 Å². The van der Waals surface area contributed by atoms with E-state index in [4.69, 9.17) is 16.3 Å². The number of nitrogens with one attached hydrogen (secondary N) is 1. The van der Waals surface area contributed by atoms with Gasteiger partial charge in [0, 0.05) is 7.05 Å². The molecule has 100 valence electrons. The van der Waals surface area contributed by atoms with E-state index in [1.807, 2.05) is 25.2 Å². The van der Waals surface area contributed by atoms with Crippen LogP contribution in [0.5, 0.6) is 11.6 Å². The Bertz CT molecular complexity index is 560. The van der Waals surface area contributed by atoms with Crippen LogP contribution in [0.1, 0.15) is 18.9 Å². The minimum absolute atomic E-state index is 0.550. The minimum Gasteiger partial charge on any atom is -0.437 e. The second kappa shape index (κ2) is 6.38. The predicted octanol–water partition coefficient (Wildman–Crippen LogP) is 3.92. The van der Waals surface area contributed by atoms with E-state index in [9.17, 15) is 0 Å². The van der Waals surface area contributed by atoms with Gasteiger partial charge in [-0.1, -0.05) is 37.1 Å². The maximum Gasteiger partial charge on any atom is 0.227 e. The average molecular weight is 278 g/mol. The van der Waals surface area contributed by atoms with Gasteiger partial charge in [-0.15, -0.1) is 0 Å². The lowest BCUT2D eigenvalue weighted by molar-refractivity contribution is 0.454. The van der Waals surface area contributed by atoms with Gasteiger partial charge in [-0.3, -0.25) is 0 Å². The number of aromatic nitrogens is 2. The van der Waals surface area contributed by atoms with E-state index in [1.165, 1.54) is 6.33 Å². The summed E-state index contributed by atoms with van der Waals surface area (Å²) in [6.07, 6.45) is 3.31. The molecule has 0 aliphatic carbocycles. The van der Waals surface area contributed by atoms with Gasteiger partial charge < -0.3 is 10.1 Å².